The molecule has 3 rings (SSSR count). The Morgan fingerprint density at radius 2 is 2.11 bits per heavy atom. The van der Waals surface area contributed by atoms with E-state index >= 15 is 0 Å². The van der Waals surface area contributed by atoms with Crippen molar-refractivity contribution in [1.82, 2.24) is 5.32 Å². The van der Waals surface area contributed by atoms with E-state index in [2.05, 4.69) is 12.2 Å². The number of nitro groups is 1. The number of rotatable bonds is 5. The number of nitrogens with one attached hydrogen (secondary N) is 1. The summed E-state index contributed by atoms with van der Waals surface area (Å²) in [6, 6.07) is 3.54. The second-order valence-corrected chi connectivity index (χ2v) is 5.10. The Morgan fingerprint density at radius 1 is 1.42 bits per heavy atom. The zero-order valence-electron chi connectivity index (χ0n) is 10.7. The van der Waals surface area contributed by atoms with Crippen LogP contribution in [0.15, 0.2) is 12.1 Å². The Balaban J connectivity index is 1.79. The zero-order chi connectivity index (χ0) is 13.4. The number of hydrogen-bond acceptors (Lipinski definition) is 5. The maximum absolute atomic E-state index is 11.1. The van der Waals surface area contributed by atoms with Crippen molar-refractivity contribution in [2.75, 3.05) is 6.79 Å². The molecule has 1 atom stereocenters. The summed E-state index contributed by atoms with van der Waals surface area (Å²) in [7, 11) is 0. The predicted molar refractivity (Wildman–Crippen MR) is 68.2 cm³/mol. The third kappa shape index (κ3) is 2.49. The largest absolute Gasteiger partial charge is 0.454 e. The number of nitro benzene ring substituents is 1. The Hall–Kier alpha value is -1.82. The Morgan fingerprint density at radius 3 is 2.74 bits per heavy atom. The summed E-state index contributed by atoms with van der Waals surface area (Å²) in [5.41, 5.74) is 0.724. The van der Waals surface area contributed by atoms with Crippen molar-refractivity contribution in [1.29, 1.82) is 0 Å². The van der Waals surface area contributed by atoms with Crippen LogP contribution in [0.5, 0.6) is 11.5 Å². The van der Waals surface area contributed by atoms with Gasteiger partial charge in [0.1, 0.15) is 0 Å². The van der Waals surface area contributed by atoms with Gasteiger partial charge in [0.05, 0.1) is 11.0 Å². The van der Waals surface area contributed by atoms with Gasteiger partial charge in [-0.05, 0) is 31.7 Å². The fourth-order valence-electron chi connectivity index (χ4n) is 2.32. The maximum atomic E-state index is 11.1. The third-order valence-corrected chi connectivity index (χ3v) is 3.71. The van der Waals surface area contributed by atoms with Gasteiger partial charge in [-0.1, -0.05) is 0 Å². The van der Waals surface area contributed by atoms with Gasteiger partial charge in [-0.15, -0.1) is 0 Å². The van der Waals surface area contributed by atoms with Crippen LogP contribution >= 0.6 is 0 Å². The summed E-state index contributed by atoms with van der Waals surface area (Å²) in [5.74, 6) is 1.75. The highest BCUT2D eigenvalue weighted by Crippen LogP contribution is 2.38. The number of ether oxygens (including phenoxy) is 2. The molecule has 6 nitrogen and oxygen atoms in total. The van der Waals surface area contributed by atoms with Crippen molar-refractivity contribution in [3.63, 3.8) is 0 Å². The van der Waals surface area contributed by atoms with Crippen LogP contribution in [0.1, 0.15) is 25.3 Å². The average molecular weight is 264 g/mol. The second-order valence-electron chi connectivity index (χ2n) is 5.10. The third-order valence-electron chi connectivity index (χ3n) is 3.71. The summed E-state index contributed by atoms with van der Waals surface area (Å²) < 4.78 is 10.4. The van der Waals surface area contributed by atoms with Crippen molar-refractivity contribution >= 4 is 5.69 Å². The lowest BCUT2D eigenvalue weighted by atomic mass is 10.1. The quantitative estimate of drug-likeness (QED) is 0.652. The molecule has 1 aliphatic carbocycles. The van der Waals surface area contributed by atoms with E-state index in [9.17, 15) is 10.1 Å². The van der Waals surface area contributed by atoms with Gasteiger partial charge in [0.25, 0.3) is 5.69 Å². The SMILES string of the molecule is CC(NCc1cc2c(cc1[N+](=O)[O-])OCO2)C1CC1. The van der Waals surface area contributed by atoms with Crippen molar-refractivity contribution in [2.45, 2.75) is 32.4 Å². The highest BCUT2D eigenvalue weighted by atomic mass is 16.7. The van der Waals surface area contributed by atoms with Crippen LogP contribution in [0, 0.1) is 16.0 Å². The highest BCUT2D eigenvalue weighted by molar-refractivity contribution is 5.55. The molecule has 102 valence electrons. The molecule has 1 N–H and O–H groups in total. The first-order chi connectivity index (χ1) is 9.15. The topological polar surface area (TPSA) is 73.6 Å². The summed E-state index contributed by atoms with van der Waals surface area (Å²) in [4.78, 5) is 10.7. The zero-order valence-corrected chi connectivity index (χ0v) is 10.7. The van der Waals surface area contributed by atoms with Crippen LogP contribution in [0.25, 0.3) is 0 Å². The van der Waals surface area contributed by atoms with Gasteiger partial charge in [-0.2, -0.15) is 0 Å². The minimum absolute atomic E-state index is 0.0831. The molecule has 0 spiro atoms. The monoisotopic (exact) mass is 264 g/mol. The lowest BCUT2D eigenvalue weighted by Crippen LogP contribution is -2.27. The first-order valence-corrected chi connectivity index (χ1v) is 6.45. The molecule has 1 fully saturated rings. The molecule has 1 aromatic rings. The lowest BCUT2D eigenvalue weighted by Gasteiger charge is -2.13. The van der Waals surface area contributed by atoms with Crippen molar-refractivity contribution < 1.29 is 14.4 Å². The number of fused-ring (bicyclic) bond motifs is 1. The average Bonchev–Trinajstić information content (AvgIpc) is 3.13. The van der Waals surface area contributed by atoms with Gasteiger partial charge in [-0.3, -0.25) is 10.1 Å². The molecule has 19 heavy (non-hydrogen) atoms. The Labute approximate surface area is 110 Å². The van der Waals surface area contributed by atoms with E-state index in [1.54, 1.807) is 6.07 Å². The lowest BCUT2D eigenvalue weighted by molar-refractivity contribution is -0.385. The molecule has 1 aromatic carbocycles. The maximum Gasteiger partial charge on any atom is 0.277 e. The van der Waals surface area contributed by atoms with Crippen molar-refractivity contribution in [3.05, 3.63) is 27.8 Å². The summed E-state index contributed by atoms with van der Waals surface area (Å²) in [5, 5.41) is 14.4. The predicted octanol–water partition coefficient (Wildman–Crippen LogP) is 2.21. The van der Waals surface area contributed by atoms with E-state index in [1.165, 1.54) is 18.9 Å². The van der Waals surface area contributed by atoms with E-state index in [1.807, 2.05) is 0 Å². The van der Waals surface area contributed by atoms with Crippen molar-refractivity contribution in [3.8, 4) is 11.5 Å². The highest BCUT2D eigenvalue weighted by Gasteiger charge is 2.28. The van der Waals surface area contributed by atoms with Crippen molar-refractivity contribution in [2.24, 2.45) is 5.92 Å². The molecule has 1 aliphatic heterocycles. The summed E-state index contributed by atoms with van der Waals surface area (Å²) in [6.45, 7) is 2.73. The molecule has 0 saturated heterocycles. The molecule has 6 heteroatoms. The molecular weight excluding hydrogens is 248 g/mol. The molecule has 0 bridgehead atoms. The molecule has 2 aliphatic rings. The van der Waals surface area contributed by atoms with E-state index in [0.717, 1.165) is 0 Å². The Bertz CT molecular complexity index is 514. The van der Waals surface area contributed by atoms with Crippen LogP contribution < -0.4 is 14.8 Å². The first kappa shape index (κ1) is 12.2. The van der Waals surface area contributed by atoms with Gasteiger partial charge in [-0.25, -0.2) is 0 Å². The number of nitrogens with zero attached hydrogens (tertiary/aromatic N) is 1. The van der Waals surface area contributed by atoms with Crippen LogP contribution in [-0.2, 0) is 6.54 Å². The summed E-state index contributed by atoms with van der Waals surface area (Å²) in [6.07, 6.45) is 2.49. The molecule has 1 saturated carbocycles. The molecule has 0 amide bonds. The second kappa shape index (κ2) is 4.70. The Kier molecular flexibility index (Phi) is 3.02. The standard InChI is InChI=1S/C13H16N2O4/c1-8(9-2-3-9)14-6-10-4-12-13(19-7-18-12)5-11(10)15(16)17/h4-5,8-9,14H,2-3,6-7H2,1H3. The van der Waals surface area contributed by atoms with Crippen LogP contribution in [0.2, 0.25) is 0 Å². The molecule has 1 heterocycles. The molecule has 0 aromatic heterocycles. The van der Waals surface area contributed by atoms with E-state index in [0.29, 0.717) is 35.6 Å². The molecule has 0 radical (unpaired) electrons. The minimum atomic E-state index is -0.374. The first-order valence-electron chi connectivity index (χ1n) is 6.45. The van der Waals surface area contributed by atoms with E-state index in [4.69, 9.17) is 9.47 Å². The molecule has 1 unspecified atom stereocenters. The van der Waals surface area contributed by atoms with Crippen LogP contribution in [-0.4, -0.2) is 17.8 Å². The number of benzene rings is 1. The fraction of sp³-hybridized carbons (Fsp3) is 0.538. The smallest absolute Gasteiger partial charge is 0.277 e. The van der Waals surface area contributed by atoms with Gasteiger partial charge in [0.2, 0.25) is 6.79 Å². The van der Waals surface area contributed by atoms with Crippen LogP contribution in [0.4, 0.5) is 5.69 Å². The van der Waals surface area contributed by atoms with E-state index < -0.39 is 0 Å². The van der Waals surface area contributed by atoms with Gasteiger partial charge in [0, 0.05) is 18.2 Å². The normalized spacial score (nSPS) is 18.4. The van der Waals surface area contributed by atoms with E-state index in [-0.39, 0.29) is 17.4 Å². The summed E-state index contributed by atoms with van der Waals surface area (Å²) >= 11 is 0. The molecular formula is C13H16N2O4. The van der Waals surface area contributed by atoms with Gasteiger partial charge < -0.3 is 14.8 Å². The minimum Gasteiger partial charge on any atom is -0.454 e. The number of hydrogen-bond donors (Lipinski definition) is 1. The van der Waals surface area contributed by atoms with Gasteiger partial charge in [0.15, 0.2) is 11.5 Å². The van der Waals surface area contributed by atoms with Gasteiger partial charge >= 0.3 is 0 Å². The van der Waals surface area contributed by atoms with Crippen LogP contribution in [0.3, 0.4) is 0 Å². The fourth-order valence-corrected chi connectivity index (χ4v) is 2.32.